The highest BCUT2D eigenvalue weighted by molar-refractivity contribution is 7.09. The second-order valence-electron chi connectivity index (χ2n) is 6.15. The monoisotopic (exact) mass is 394 g/mol. The third-order valence-electron chi connectivity index (χ3n) is 4.26. The molecule has 6 nitrogen and oxygen atoms in total. The van der Waals surface area contributed by atoms with Gasteiger partial charge in [0.25, 0.3) is 11.5 Å². The number of hydrogen-bond acceptors (Lipinski definition) is 5. The van der Waals surface area contributed by atoms with Crippen LogP contribution in [0.2, 0.25) is 0 Å². The second kappa shape index (κ2) is 7.69. The highest BCUT2D eigenvalue weighted by Gasteiger charge is 2.18. The molecule has 0 fully saturated rings. The Morgan fingerprint density at radius 2 is 1.82 bits per heavy atom. The van der Waals surface area contributed by atoms with Gasteiger partial charge in [0.1, 0.15) is 16.2 Å². The minimum atomic E-state index is -0.441. The maximum atomic E-state index is 13.7. The molecule has 0 aliphatic carbocycles. The van der Waals surface area contributed by atoms with Crippen molar-refractivity contribution < 1.29 is 9.18 Å². The van der Waals surface area contributed by atoms with Gasteiger partial charge in [-0.05, 0) is 23.2 Å². The van der Waals surface area contributed by atoms with E-state index < -0.39 is 5.91 Å². The number of halogens is 1. The van der Waals surface area contributed by atoms with Gasteiger partial charge in [-0.2, -0.15) is 4.37 Å². The topological polar surface area (TPSA) is 76.9 Å². The number of aromatic nitrogens is 3. The van der Waals surface area contributed by atoms with Gasteiger partial charge in [0.05, 0.1) is 12.9 Å². The first-order valence-corrected chi connectivity index (χ1v) is 9.31. The van der Waals surface area contributed by atoms with Gasteiger partial charge in [0, 0.05) is 12.1 Å². The lowest BCUT2D eigenvalue weighted by Crippen LogP contribution is -2.24. The fourth-order valence-electron chi connectivity index (χ4n) is 2.80. The zero-order valence-corrected chi connectivity index (χ0v) is 15.4. The molecule has 1 amide bonds. The highest BCUT2D eigenvalue weighted by atomic mass is 32.1. The molecule has 4 rings (SSSR count). The molecule has 2 aromatic heterocycles. The van der Waals surface area contributed by atoms with E-state index in [1.165, 1.54) is 17.0 Å². The third kappa shape index (κ3) is 3.54. The Morgan fingerprint density at radius 1 is 1.07 bits per heavy atom. The van der Waals surface area contributed by atoms with E-state index in [0.29, 0.717) is 12.1 Å². The van der Waals surface area contributed by atoms with Gasteiger partial charge in [0.15, 0.2) is 5.52 Å². The molecule has 28 heavy (non-hydrogen) atoms. The van der Waals surface area contributed by atoms with Gasteiger partial charge in [0.2, 0.25) is 0 Å². The van der Waals surface area contributed by atoms with E-state index in [1.54, 1.807) is 18.2 Å². The Hall–Kier alpha value is -3.39. The van der Waals surface area contributed by atoms with Crippen LogP contribution < -0.4 is 10.9 Å². The highest BCUT2D eigenvalue weighted by Crippen LogP contribution is 2.18. The maximum Gasteiger partial charge on any atom is 0.281 e. The first-order valence-electron chi connectivity index (χ1n) is 8.54. The van der Waals surface area contributed by atoms with Crippen LogP contribution in [-0.2, 0) is 13.1 Å². The fraction of sp³-hybridized carbons (Fsp3) is 0.100. The molecule has 140 valence electrons. The van der Waals surface area contributed by atoms with Crippen LogP contribution in [0.5, 0.6) is 0 Å². The number of amides is 1. The number of rotatable bonds is 5. The predicted octanol–water partition coefficient (Wildman–Crippen LogP) is 2.97. The van der Waals surface area contributed by atoms with Crippen molar-refractivity contribution in [2.45, 2.75) is 13.1 Å². The van der Waals surface area contributed by atoms with Crippen molar-refractivity contribution in [3.63, 3.8) is 0 Å². The number of nitrogens with zero attached hydrogens (tertiary/aromatic N) is 3. The summed E-state index contributed by atoms with van der Waals surface area (Å²) in [5.74, 6) is -0.831. The van der Waals surface area contributed by atoms with E-state index in [4.69, 9.17) is 0 Å². The summed E-state index contributed by atoms with van der Waals surface area (Å²) in [6.07, 6.45) is 1.42. The van der Waals surface area contributed by atoms with Gasteiger partial charge in [-0.25, -0.2) is 9.37 Å². The predicted molar refractivity (Wildman–Crippen MR) is 105 cm³/mol. The van der Waals surface area contributed by atoms with E-state index in [1.807, 2.05) is 30.3 Å². The van der Waals surface area contributed by atoms with Crippen LogP contribution in [0.25, 0.3) is 11.0 Å². The first kappa shape index (κ1) is 18.0. The van der Waals surface area contributed by atoms with E-state index in [-0.39, 0.29) is 33.8 Å². The molecule has 2 heterocycles. The summed E-state index contributed by atoms with van der Waals surface area (Å²) < 4.78 is 19.3. The lowest BCUT2D eigenvalue weighted by Gasteiger charge is -2.06. The number of fused-ring (bicyclic) bond motifs is 1. The fourth-order valence-corrected chi connectivity index (χ4v) is 3.54. The lowest BCUT2D eigenvalue weighted by molar-refractivity contribution is 0.0956. The zero-order chi connectivity index (χ0) is 19.5. The summed E-state index contributed by atoms with van der Waals surface area (Å²) in [5.41, 5.74) is 1.44. The number of hydrogen-bond donors (Lipinski definition) is 1. The first-order chi connectivity index (χ1) is 13.6. The van der Waals surface area contributed by atoms with E-state index in [9.17, 15) is 14.0 Å². The van der Waals surface area contributed by atoms with Crippen molar-refractivity contribution in [2.75, 3.05) is 0 Å². The molecule has 0 saturated carbocycles. The molecular weight excluding hydrogens is 379 g/mol. The maximum absolute atomic E-state index is 13.7. The average molecular weight is 394 g/mol. The summed E-state index contributed by atoms with van der Waals surface area (Å²) in [6.45, 7) is 0.408. The molecule has 1 N–H and O–H groups in total. The van der Waals surface area contributed by atoms with Gasteiger partial charge >= 0.3 is 0 Å². The summed E-state index contributed by atoms with van der Waals surface area (Å²) in [4.78, 5) is 29.7. The van der Waals surface area contributed by atoms with Crippen LogP contribution in [-0.4, -0.2) is 19.8 Å². The molecule has 8 heteroatoms. The van der Waals surface area contributed by atoms with Crippen LogP contribution in [0.4, 0.5) is 4.39 Å². The Bertz CT molecular complexity index is 1200. The molecule has 0 aliphatic rings. The van der Waals surface area contributed by atoms with Gasteiger partial charge in [-0.1, -0.05) is 48.5 Å². The van der Waals surface area contributed by atoms with Crippen molar-refractivity contribution in [1.29, 1.82) is 0 Å². The third-order valence-corrected chi connectivity index (χ3v) is 5.09. The zero-order valence-electron chi connectivity index (χ0n) is 14.6. The van der Waals surface area contributed by atoms with Crippen molar-refractivity contribution in [1.82, 2.24) is 19.2 Å². The van der Waals surface area contributed by atoms with Crippen LogP contribution >= 0.6 is 11.5 Å². The van der Waals surface area contributed by atoms with E-state index >= 15 is 0 Å². The molecule has 0 aliphatic heterocycles. The molecule has 0 spiro atoms. The average Bonchev–Trinajstić information content (AvgIpc) is 3.15. The van der Waals surface area contributed by atoms with Gasteiger partial charge in [-0.15, -0.1) is 0 Å². The second-order valence-corrected chi connectivity index (χ2v) is 6.92. The van der Waals surface area contributed by atoms with Crippen LogP contribution in [0.3, 0.4) is 0 Å². The molecule has 0 bridgehead atoms. The van der Waals surface area contributed by atoms with Crippen LogP contribution in [0.15, 0.2) is 65.7 Å². The van der Waals surface area contributed by atoms with E-state index in [2.05, 4.69) is 14.7 Å². The Morgan fingerprint density at radius 3 is 2.61 bits per heavy atom. The Balaban J connectivity index is 1.57. The van der Waals surface area contributed by atoms with Crippen molar-refractivity contribution in [3.8, 4) is 0 Å². The SMILES string of the molecule is O=C(NCc1ccccc1F)c1snc2c(=O)n(Cc3ccccc3)cnc12. The van der Waals surface area contributed by atoms with Gasteiger partial charge < -0.3 is 5.32 Å². The number of carbonyl (C=O) groups is 1. The largest absolute Gasteiger partial charge is 0.347 e. The molecule has 0 radical (unpaired) electrons. The molecule has 0 unspecified atom stereocenters. The lowest BCUT2D eigenvalue weighted by atomic mass is 10.2. The van der Waals surface area contributed by atoms with E-state index in [0.717, 1.165) is 17.1 Å². The molecule has 2 aromatic carbocycles. The summed E-state index contributed by atoms with van der Waals surface area (Å²) >= 11 is 0.908. The number of carbonyl (C=O) groups excluding carboxylic acids is 1. The Labute approximate surface area is 163 Å². The quantitative estimate of drug-likeness (QED) is 0.565. The van der Waals surface area contributed by atoms with Crippen molar-refractivity contribution in [2.24, 2.45) is 0 Å². The Kier molecular flexibility index (Phi) is 4.94. The molecule has 0 saturated heterocycles. The van der Waals surface area contributed by atoms with Crippen molar-refractivity contribution in [3.05, 3.63) is 93.1 Å². The van der Waals surface area contributed by atoms with Crippen LogP contribution in [0.1, 0.15) is 20.8 Å². The minimum absolute atomic E-state index is 0.0377. The van der Waals surface area contributed by atoms with Crippen molar-refractivity contribution >= 4 is 28.5 Å². The summed E-state index contributed by atoms with van der Waals surface area (Å²) in [6, 6.07) is 15.7. The smallest absolute Gasteiger partial charge is 0.281 e. The minimum Gasteiger partial charge on any atom is -0.347 e. The molecule has 0 atom stereocenters. The number of benzene rings is 2. The summed E-state index contributed by atoms with van der Waals surface area (Å²) in [5, 5.41) is 2.65. The normalized spacial score (nSPS) is 10.9. The molecular formula is C20H15FN4O2S. The summed E-state index contributed by atoms with van der Waals surface area (Å²) in [7, 11) is 0. The molecule has 4 aromatic rings. The number of nitrogens with one attached hydrogen (secondary N) is 1. The standard InChI is InChI=1S/C20H15FN4O2S/c21-15-9-5-4-8-14(15)10-22-19(26)18-16-17(24-28-18)20(27)25(12-23-16)11-13-6-2-1-3-7-13/h1-9,12H,10-11H2,(H,22,26). The van der Waals surface area contributed by atoms with Gasteiger partial charge in [-0.3, -0.25) is 14.2 Å². The van der Waals surface area contributed by atoms with Crippen LogP contribution in [0, 0.1) is 5.82 Å².